The number of carbonyl (C=O) groups excluding carboxylic acids is 1. The molecule has 0 aliphatic heterocycles. The van der Waals surface area contributed by atoms with Gasteiger partial charge in [0.15, 0.2) is 0 Å². The Morgan fingerprint density at radius 1 is 1.26 bits per heavy atom. The zero-order valence-corrected chi connectivity index (χ0v) is 13.0. The number of nitrogens with zero attached hydrogens (tertiary/aromatic N) is 1. The Hall–Kier alpha value is -0.730. The first kappa shape index (κ1) is 16.3. The minimum atomic E-state index is -0.641. The van der Waals surface area contributed by atoms with Gasteiger partial charge in [0.2, 0.25) is 5.91 Å². The van der Waals surface area contributed by atoms with Gasteiger partial charge in [-0.15, -0.1) is 23.2 Å². The van der Waals surface area contributed by atoms with E-state index in [4.69, 9.17) is 23.2 Å². The lowest BCUT2D eigenvalue weighted by Gasteiger charge is -2.24. The van der Waals surface area contributed by atoms with Crippen LogP contribution in [0.25, 0.3) is 0 Å². The quantitative estimate of drug-likeness (QED) is 0.689. The van der Waals surface area contributed by atoms with Crippen LogP contribution in [0.4, 0.5) is 0 Å². The smallest absolute Gasteiger partial charge is 0.228 e. The number of hydrogen-bond donors (Lipinski definition) is 0. The van der Waals surface area contributed by atoms with E-state index in [-0.39, 0.29) is 11.8 Å². The Labute approximate surface area is 125 Å². The zero-order chi connectivity index (χ0) is 14.3. The van der Waals surface area contributed by atoms with Gasteiger partial charge < -0.3 is 4.90 Å². The van der Waals surface area contributed by atoms with E-state index < -0.39 is 4.84 Å². The second kappa shape index (κ2) is 8.44. The predicted molar refractivity (Wildman–Crippen MR) is 81.4 cm³/mol. The number of carbonyl (C=O) groups is 1. The highest BCUT2D eigenvalue weighted by Gasteiger charge is 2.27. The van der Waals surface area contributed by atoms with Crippen LogP contribution in [0.5, 0.6) is 0 Å². The second-order valence-electron chi connectivity index (χ2n) is 4.76. The number of amides is 1. The molecule has 4 heteroatoms. The molecule has 0 aliphatic rings. The fraction of sp³-hybridized carbons (Fsp3) is 0.533. The second-order valence-corrected chi connectivity index (χ2v) is 5.93. The molecule has 1 rings (SSSR count). The van der Waals surface area contributed by atoms with E-state index in [2.05, 4.69) is 6.92 Å². The molecule has 0 fully saturated rings. The average Bonchev–Trinajstić information content (AvgIpc) is 2.39. The number of unbranched alkanes of at least 4 members (excludes halogenated alkanes) is 1. The SMILES string of the molecule is CCCC[C@@H](C(=O)N(C)Cc1ccccc1)C(Cl)Cl. The minimum absolute atomic E-state index is 0.0207. The highest BCUT2D eigenvalue weighted by molar-refractivity contribution is 6.45. The van der Waals surface area contributed by atoms with Crippen molar-refractivity contribution in [2.45, 2.75) is 37.6 Å². The zero-order valence-electron chi connectivity index (χ0n) is 11.5. The first-order chi connectivity index (χ1) is 9.06. The lowest BCUT2D eigenvalue weighted by Crippen LogP contribution is -2.35. The summed E-state index contributed by atoms with van der Waals surface area (Å²) >= 11 is 11.9. The monoisotopic (exact) mass is 301 g/mol. The predicted octanol–water partition coefficient (Wildman–Crippen LogP) is 4.26. The van der Waals surface area contributed by atoms with Gasteiger partial charge in [-0.1, -0.05) is 50.1 Å². The Bertz CT molecular complexity index is 381. The summed E-state index contributed by atoms with van der Waals surface area (Å²) in [6, 6.07) is 9.90. The van der Waals surface area contributed by atoms with E-state index in [1.54, 1.807) is 11.9 Å². The van der Waals surface area contributed by atoms with Crippen molar-refractivity contribution < 1.29 is 4.79 Å². The van der Waals surface area contributed by atoms with E-state index in [0.29, 0.717) is 6.54 Å². The van der Waals surface area contributed by atoms with E-state index in [0.717, 1.165) is 24.8 Å². The van der Waals surface area contributed by atoms with E-state index in [1.807, 2.05) is 30.3 Å². The van der Waals surface area contributed by atoms with Crippen molar-refractivity contribution in [3.05, 3.63) is 35.9 Å². The highest BCUT2D eigenvalue weighted by atomic mass is 35.5. The molecule has 1 aromatic carbocycles. The normalized spacial score (nSPS) is 12.5. The van der Waals surface area contributed by atoms with Crippen LogP contribution in [0, 0.1) is 5.92 Å². The molecule has 0 radical (unpaired) electrons. The number of hydrogen-bond acceptors (Lipinski definition) is 1. The van der Waals surface area contributed by atoms with Gasteiger partial charge in [0, 0.05) is 13.6 Å². The van der Waals surface area contributed by atoms with Gasteiger partial charge in [-0.25, -0.2) is 0 Å². The van der Waals surface area contributed by atoms with E-state index in [9.17, 15) is 4.79 Å². The maximum Gasteiger partial charge on any atom is 0.228 e. The molecule has 1 aromatic rings. The molecule has 1 amide bonds. The van der Waals surface area contributed by atoms with Gasteiger partial charge in [-0.2, -0.15) is 0 Å². The largest absolute Gasteiger partial charge is 0.341 e. The van der Waals surface area contributed by atoms with Crippen molar-refractivity contribution in [3.63, 3.8) is 0 Å². The van der Waals surface area contributed by atoms with Gasteiger partial charge >= 0.3 is 0 Å². The van der Waals surface area contributed by atoms with Crippen LogP contribution in [-0.4, -0.2) is 22.7 Å². The summed E-state index contributed by atoms with van der Waals surface area (Å²) in [6.07, 6.45) is 2.74. The molecule has 0 unspecified atom stereocenters. The van der Waals surface area contributed by atoms with Crippen LogP contribution in [-0.2, 0) is 11.3 Å². The van der Waals surface area contributed by atoms with Crippen molar-refractivity contribution in [1.82, 2.24) is 4.90 Å². The molecule has 0 heterocycles. The molecule has 0 bridgehead atoms. The Kier molecular flexibility index (Phi) is 7.25. The fourth-order valence-corrected chi connectivity index (χ4v) is 2.47. The molecule has 1 atom stereocenters. The van der Waals surface area contributed by atoms with E-state index in [1.165, 1.54) is 0 Å². The van der Waals surface area contributed by atoms with Crippen molar-refractivity contribution in [2.75, 3.05) is 7.05 Å². The molecular weight excluding hydrogens is 281 g/mol. The lowest BCUT2D eigenvalue weighted by atomic mass is 10.0. The van der Waals surface area contributed by atoms with Gasteiger partial charge in [0.1, 0.15) is 4.84 Å². The van der Waals surface area contributed by atoms with Crippen LogP contribution < -0.4 is 0 Å². The molecule has 0 spiro atoms. The van der Waals surface area contributed by atoms with Gasteiger partial charge in [-0.05, 0) is 12.0 Å². The van der Waals surface area contributed by atoms with Crippen molar-refractivity contribution in [3.8, 4) is 0 Å². The summed E-state index contributed by atoms with van der Waals surface area (Å²) < 4.78 is 0. The summed E-state index contributed by atoms with van der Waals surface area (Å²) in [5.74, 6) is -0.288. The number of halogens is 2. The average molecular weight is 302 g/mol. The summed E-state index contributed by atoms with van der Waals surface area (Å²) in [5.41, 5.74) is 1.10. The van der Waals surface area contributed by atoms with Crippen LogP contribution >= 0.6 is 23.2 Å². The van der Waals surface area contributed by atoms with Gasteiger partial charge in [0.25, 0.3) is 0 Å². The Morgan fingerprint density at radius 3 is 2.42 bits per heavy atom. The van der Waals surface area contributed by atoms with Crippen LogP contribution in [0.1, 0.15) is 31.7 Å². The van der Waals surface area contributed by atoms with Crippen LogP contribution in [0.3, 0.4) is 0 Å². The maximum absolute atomic E-state index is 12.4. The van der Waals surface area contributed by atoms with Crippen molar-refractivity contribution >= 4 is 29.1 Å². The molecule has 0 saturated carbocycles. The number of rotatable bonds is 7. The molecule has 0 N–H and O–H groups in total. The molecule has 2 nitrogen and oxygen atoms in total. The lowest BCUT2D eigenvalue weighted by molar-refractivity contribution is -0.134. The first-order valence-corrected chi connectivity index (χ1v) is 7.50. The summed E-state index contributed by atoms with van der Waals surface area (Å²) in [6.45, 7) is 2.68. The number of alkyl halides is 2. The maximum atomic E-state index is 12.4. The third kappa shape index (κ3) is 5.42. The Morgan fingerprint density at radius 2 is 1.89 bits per heavy atom. The summed E-state index contributed by atoms with van der Waals surface area (Å²) in [4.78, 5) is 13.4. The minimum Gasteiger partial charge on any atom is -0.341 e. The van der Waals surface area contributed by atoms with Gasteiger partial charge in [0.05, 0.1) is 5.92 Å². The van der Waals surface area contributed by atoms with Gasteiger partial charge in [-0.3, -0.25) is 4.79 Å². The molecule has 0 saturated heterocycles. The third-order valence-corrected chi connectivity index (χ3v) is 3.74. The fourth-order valence-electron chi connectivity index (χ4n) is 2.00. The van der Waals surface area contributed by atoms with E-state index >= 15 is 0 Å². The first-order valence-electron chi connectivity index (χ1n) is 6.63. The summed E-state index contributed by atoms with van der Waals surface area (Å²) in [5, 5.41) is 0. The topological polar surface area (TPSA) is 20.3 Å². The highest BCUT2D eigenvalue weighted by Crippen LogP contribution is 2.23. The molecule has 19 heavy (non-hydrogen) atoms. The molecule has 106 valence electrons. The standard InChI is InChI=1S/C15H21Cl2NO/c1-3-4-10-13(14(16)17)15(19)18(2)11-12-8-6-5-7-9-12/h5-9,13-14H,3-4,10-11H2,1-2H3/t13-/m1/s1. The summed E-state index contributed by atoms with van der Waals surface area (Å²) in [7, 11) is 1.80. The van der Waals surface area contributed by atoms with Crippen LogP contribution in [0.2, 0.25) is 0 Å². The molecule has 0 aromatic heterocycles. The third-order valence-electron chi connectivity index (χ3n) is 3.13. The Balaban J connectivity index is 2.63. The van der Waals surface area contributed by atoms with Crippen LogP contribution in [0.15, 0.2) is 30.3 Å². The van der Waals surface area contributed by atoms with Crippen molar-refractivity contribution in [1.29, 1.82) is 0 Å². The molecular formula is C15H21Cl2NO. The molecule has 0 aliphatic carbocycles. The number of benzene rings is 1. The van der Waals surface area contributed by atoms with Crippen molar-refractivity contribution in [2.24, 2.45) is 5.92 Å².